The van der Waals surface area contributed by atoms with E-state index in [0.29, 0.717) is 11.3 Å². The van der Waals surface area contributed by atoms with Crippen molar-refractivity contribution in [2.24, 2.45) is 0 Å². The summed E-state index contributed by atoms with van der Waals surface area (Å²) in [4.78, 5) is 22.1. The zero-order valence-electron chi connectivity index (χ0n) is 8.91. The molecule has 1 aliphatic heterocycles. The number of rotatable bonds is 1. The second-order valence-electron chi connectivity index (χ2n) is 3.38. The van der Waals surface area contributed by atoms with Gasteiger partial charge >= 0.3 is 5.97 Å². The molecule has 17 heavy (non-hydrogen) atoms. The molecule has 1 heterocycles. The Morgan fingerprint density at radius 2 is 2.24 bits per heavy atom. The van der Waals surface area contributed by atoms with Crippen LogP contribution in [0.4, 0.5) is 10.1 Å². The van der Waals surface area contributed by atoms with Gasteiger partial charge in [0.2, 0.25) is 0 Å². The molecule has 1 aromatic carbocycles. The normalized spacial score (nSPS) is 13.1. The monoisotopic (exact) mass is 233 g/mol. The van der Waals surface area contributed by atoms with Crippen LogP contribution in [0.2, 0.25) is 0 Å². The number of esters is 1. The van der Waals surface area contributed by atoms with Gasteiger partial charge in [-0.2, -0.15) is 0 Å². The third-order valence-corrected chi connectivity index (χ3v) is 2.35. The molecule has 0 spiro atoms. The quantitative estimate of drug-likeness (QED) is 0.590. The van der Waals surface area contributed by atoms with Gasteiger partial charge in [0.05, 0.1) is 12.7 Å². The van der Waals surface area contributed by atoms with Gasteiger partial charge in [-0.15, -0.1) is 0 Å². The summed E-state index contributed by atoms with van der Waals surface area (Å²) in [5.41, 5.74) is 1.06. The minimum Gasteiger partial charge on any atom is -0.464 e. The summed E-state index contributed by atoms with van der Waals surface area (Å²) in [5, 5.41) is 2.76. The summed E-state index contributed by atoms with van der Waals surface area (Å²) in [6.07, 6.45) is 1.28. The third kappa shape index (κ3) is 1.96. The van der Waals surface area contributed by atoms with Crippen LogP contribution in [-0.2, 0) is 14.3 Å². The fourth-order valence-corrected chi connectivity index (χ4v) is 1.56. The number of nitrogens with one attached hydrogen (secondary N) is 1. The van der Waals surface area contributed by atoms with Crippen molar-refractivity contribution in [3.63, 3.8) is 0 Å². The summed E-state index contributed by atoms with van der Waals surface area (Å²) in [7, 11) is 1.23. The number of anilines is 1. The Balaban J connectivity index is 2.53. The molecule has 1 aliphatic rings. The number of halogens is 1. The molecule has 0 unspecified atom stereocenters. The standard InChI is InChI=1S/C12H8FNO3/c1-17-12(16)11-4-7(6-15)9-5-8(13)2-3-10(9)14-11/h2-5,14H,1H3. The van der Waals surface area contributed by atoms with Gasteiger partial charge in [0, 0.05) is 11.3 Å². The molecule has 0 fully saturated rings. The van der Waals surface area contributed by atoms with E-state index in [1.807, 2.05) is 0 Å². The molecule has 2 rings (SSSR count). The predicted molar refractivity (Wildman–Crippen MR) is 59.2 cm³/mol. The lowest BCUT2D eigenvalue weighted by Crippen LogP contribution is -2.17. The number of ether oxygens (including phenoxy) is 1. The molecule has 1 N–H and O–H groups in total. The van der Waals surface area contributed by atoms with Gasteiger partial charge in [0.15, 0.2) is 0 Å². The van der Waals surface area contributed by atoms with Crippen LogP contribution in [0.1, 0.15) is 5.56 Å². The Labute approximate surface area is 96.4 Å². The van der Waals surface area contributed by atoms with Crippen LogP contribution in [0.5, 0.6) is 0 Å². The van der Waals surface area contributed by atoms with E-state index < -0.39 is 11.8 Å². The number of carbonyl (C=O) groups excluding carboxylic acids is 2. The van der Waals surface area contributed by atoms with Crippen molar-refractivity contribution < 1.29 is 18.7 Å². The number of methoxy groups -OCH3 is 1. The van der Waals surface area contributed by atoms with Crippen molar-refractivity contribution in [3.8, 4) is 0 Å². The van der Waals surface area contributed by atoms with Crippen molar-refractivity contribution in [1.29, 1.82) is 0 Å². The highest BCUT2D eigenvalue weighted by molar-refractivity contribution is 6.06. The first kappa shape index (κ1) is 11.1. The van der Waals surface area contributed by atoms with Crippen LogP contribution in [0, 0.1) is 5.82 Å². The first-order chi connectivity index (χ1) is 8.15. The molecule has 0 radical (unpaired) electrons. The number of fused-ring (bicyclic) bond motifs is 1. The summed E-state index contributed by atoms with van der Waals surface area (Å²) < 4.78 is 17.6. The molecular formula is C12H8FNO3. The van der Waals surface area contributed by atoms with E-state index in [0.717, 1.165) is 0 Å². The van der Waals surface area contributed by atoms with E-state index in [1.54, 1.807) is 5.94 Å². The first-order valence-electron chi connectivity index (χ1n) is 4.77. The first-order valence-corrected chi connectivity index (χ1v) is 4.77. The van der Waals surface area contributed by atoms with E-state index >= 15 is 0 Å². The molecule has 0 saturated heterocycles. The van der Waals surface area contributed by atoms with E-state index in [9.17, 15) is 14.0 Å². The molecule has 0 saturated carbocycles. The number of benzene rings is 1. The van der Waals surface area contributed by atoms with E-state index in [2.05, 4.69) is 10.1 Å². The molecule has 0 aromatic heterocycles. The summed E-state index contributed by atoms with van der Waals surface area (Å²) in [6, 6.07) is 3.87. The summed E-state index contributed by atoms with van der Waals surface area (Å²) in [5.74, 6) is 0.604. The number of hydrogen-bond acceptors (Lipinski definition) is 4. The highest BCUT2D eigenvalue weighted by Gasteiger charge is 2.20. The maximum atomic E-state index is 13.0. The second kappa shape index (κ2) is 4.23. The van der Waals surface area contributed by atoms with E-state index in [-0.39, 0.29) is 11.3 Å². The maximum absolute atomic E-state index is 13.0. The van der Waals surface area contributed by atoms with E-state index in [1.165, 1.54) is 31.4 Å². The zero-order chi connectivity index (χ0) is 12.4. The molecule has 5 heteroatoms. The topological polar surface area (TPSA) is 55.4 Å². The minimum absolute atomic E-state index is 0.110. The zero-order valence-corrected chi connectivity index (χ0v) is 8.91. The minimum atomic E-state index is -0.604. The Morgan fingerprint density at radius 1 is 1.47 bits per heavy atom. The lowest BCUT2D eigenvalue weighted by atomic mass is 10.00. The molecule has 0 bridgehead atoms. The lowest BCUT2D eigenvalue weighted by Gasteiger charge is -2.18. The smallest absolute Gasteiger partial charge is 0.354 e. The van der Waals surface area contributed by atoms with Crippen LogP contribution in [0.3, 0.4) is 0 Å². The van der Waals surface area contributed by atoms with Crippen molar-refractivity contribution in [1.82, 2.24) is 0 Å². The van der Waals surface area contributed by atoms with E-state index in [4.69, 9.17) is 0 Å². The van der Waals surface area contributed by atoms with Crippen molar-refractivity contribution in [3.05, 3.63) is 41.4 Å². The Hall–Kier alpha value is -2.39. The number of hydrogen-bond donors (Lipinski definition) is 1. The van der Waals surface area contributed by atoms with Gasteiger partial charge in [-0.3, -0.25) is 0 Å². The summed E-state index contributed by atoms with van der Waals surface area (Å²) >= 11 is 0. The summed E-state index contributed by atoms with van der Waals surface area (Å²) in [6.45, 7) is 0. The number of allylic oxidation sites excluding steroid dienone is 2. The Kier molecular flexibility index (Phi) is 2.77. The highest BCUT2D eigenvalue weighted by Crippen LogP contribution is 2.30. The van der Waals surface area contributed by atoms with Crippen molar-refractivity contribution in [2.75, 3.05) is 12.4 Å². The third-order valence-electron chi connectivity index (χ3n) is 2.35. The average molecular weight is 233 g/mol. The molecule has 1 aromatic rings. The van der Waals surface area contributed by atoms with Crippen molar-refractivity contribution in [2.45, 2.75) is 0 Å². The van der Waals surface area contributed by atoms with Crippen LogP contribution >= 0.6 is 0 Å². The number of carbonyl (C=O) groups is 1. The van der Waals surface area contributed by atoms with Crippen LogP contribution in [-0.4, -0.2) is 19.0 Å². The van der Waals surface area contributed by atoms with Gasteiger partial charge < -0.3 is 10.1 Å². The predicted octanol–water partition coefficient (Wildman–Crippen LogP) is 1.52. The molecule has 4 nitrogen and oxygen atoms in total. The lowest BCUT2D eigenvalue weighted by molar-refractivity contribution is -0.135. The van der Waals surface area contributed by atoms with Gasteiger partial charge in [-0.25, -0.2) is 14.0 Å². The molecule has 0 amide bonds. The SMILES string of the molecule is COC(=O)C1=CC(=C=O)c2cc(F)ccc2N1. The Morgan fingerprint density at radius 3 is 2.88 bits per heavy atom. The van der Waals surface area contributed by atoms with Gasteiger partial charge in [0.25, 0.3) is 0 Å². The van der Waals surface area contributed by atoms with Crippen molar-refractivity contribution >= 4 is 23.2 Å². The largest absolute Gasteiger partial charge is 0.464 e. The average Bonchev–Trinajstić information content (AvgIpc) is 2.36. The van der Waals surface area contributed by atoms with Gasteiger partial charge in [0.1, 0.15) is 17.5 Å². The fraction of sp³-hybridized carbons (Fsp3) is 0.0833. The molecule has 86 valence electrons. The highest BCUT2D eigenvalue weighted by atomic mass is 19.1. The van der Waals surface area contributed by atoms with Crippen LogP contribution in [0.25, 0.3) is 5.57 Å². The van der Waals surface area contributed by atoms with Gasteiger partial charge in [-0.05, 0) is 24.3 Å². The van der Waals surface area contributed by atoms with Crippen LogP contribution in [0.15, 0.2) is 30.0 Å². The second-order valence-corrected chi connectivity index (χ2v) is 3.38. The molecular weight excluding hydrogens is 225 g/mol. The molecule has 0 aliphatic carbocycles. The van der Waals surface area contributed by atoms with Gasteiger partial charge in [-0.1, -0.05) is 0 Å². The van der Waals surface area contributed by atoms with Crippen LogP contribution < -0.4 is 5.32 Å². The Bertz CT molecular complexity index is 571. The maximum Gasteiger partial charge on any atom is 0.354 e. The molecule has 0 atom stereocenters. The fourth-order valence-electron chi connectivity index (χ4n) is 1.56.